The largest absolute Gasteiger partial charge is 0.462 e. The zero-order valence-electron chi connectivity index (χ0n) is 32.3. The Morgan fingerprint density at radius 1 is 1.06 bits per heavy atom. The van der Waals surface area contributed by atoms with Crippen LogP contribution in [-0.2, 0) is 47.6 Å². The lowest BCUT2D eigenvalue weighted by Gasteiger charge is -2.68. The Hall–Kier alpha value is -3.01. The van der Waals surface area contributed by atoms with E-state index in [-0.39, 0.29) is 37.3 Å². The summed E-state index contributed by atoms with van der Waals surface area (Å²) in [5, 5.41) is 39.6. The Bertz CT molecular complexity index is 1630. The number of aliphatic hydroxyl groups excluding tert-OH is 2. The first kappa shape index (κ1) is 39.2. The molecule has 3 aliphatic heterocycles. The molecule has 3 N–H and O–H groups in total. The van der Waals surface area contributed by atoms with Crippen molar-refractivity contribution in [1.82, 2.24) is 0 Å². The van der Waals surface area contributed by atoms with E-state index in [9.17, 15) is 34.5 Å². The van der Waals surface area contributed by atoms with E-state index in [2.05, 4.69) is 10.0 Å². The molecule has 4 saturated carbocycles. The van der Waals surface area contributed by atoms with E-state index in [4.69, 9.17) is 34.0 Å². The number of hydrogen-bond acceptors (Lipinski definition) is 14. The zero-order chi connectivity index (χ0) is 39.5. The van der Waals surface area contributed by atoms with Gasteiger partial charge in [-0.1, -0.05) is 25.9 Å². The average molecular weight is 762 g/mol. The third kappa shape index (κ3) is 5.37. The van der Waals surface area contributed by atoms with Gasteiger partial charge in [0.05, 0.1) is 23.7 Å². The van der Waals surface area contributed by atoms with E-state index in [0.29, 0.717) is 25.7 Å². The molecule has 16 nitrogen and oxygen atoms in total. The minimum absolute atomic E-state index is 0.0511. The van der Waals surface area contributed by atoms with E-state index in [0.717, 1.165) is 0 Å². The lowest BCUT2D eigenvalue weighted by Crippen LogP contribution is -2.75. The number of esters is 4. The standard InChI is InChI=1S/C38H55N3O13/c1-16-21(15-34(5)37(8,48)33(47)54-38(34)31(16)53-38)36(7)26(17(2)42)25-22(51-24(45)11-9-10-12-40-41-39)13-20-14-23-28(52-23)30(46)35(20,6)27(25)29(49-18(3)43)32(36)50-19(4)44/h16-17,20-23,25-32,42,46,48H,9-15H2,1-8H3/t16-,17-,20-,21+,22-,23-,25?,26-,27?,28-,29-,30-,31+,32-,34-,35-,36+,37+,38-/m0/s1. The van der Waals surface area contributed by atoms with Crippen molar-refractivity contribution in [3.05, 3.63) is 10.4 Å². The minimum atomic E-state index is -1.95. The highest BCUT2D eigenvalue weighted by Gasteiger charge is 2.87. The van der Waals surface area contributed by atoms with Gasteiger partial charge in [0.25, 0.3) is 0 Å². The summed E-state index contributed by atoms with van der Waals surface area (Å²) in [6.07, 6.45) is -4.60. The maximum atomic E-state index is 13.7. The van der Waals surface area contributed by atoms with Gasteiger partial charge in [-0.3, -0.25) is 14.4 Å². The van der Waals surface area contributed by atoms with Crippen molar-refractivity contribution < 1.29 is 62.9 Å². The predicted molar refractivity (Wildman–Crippen MR) is 184 cm³/mol. The lowest BCUT2D eigenvalue weighted by molar-refractivity contribution is -0.299. The van der Waals surface area contributed by atoms with Gasteiger partial charge >= 0.3 is 23.9 Å². The monoisotopic (exact) mass is 761 g/mol. The summed E-state index contributed by atoms with van der Waals surface area (Å²) >= 11 is 0. The molecule has 0 bridgehead atoms. The maximum Gasteiger partial charge on any atom is 0.341 e. The molecule has 2 unspecified atom stereocenters. The van der Waals surface area contributed by atoms with Gasteiger partial charge in [0.2, 0.25) is 5.79 Å². The fourth-order valence-electron chi connectivity index (χ4n) is 12.7. The highest BCUT2D eigenvalue weighted by molar-refractivity contribution is 5.84. The second-order valence-electron chi connectivity index (χ2n) is 18.1. The van der Waals surface area contributed by atoms with Gasteiger partial charge in [-0.2, -0.15) is 0 Å². The maximum absolute atomic E-state index is 13.7. The number of carbonyl (C=O) groups is 4. The van der Waals surface area contributed by atoms with Crippen LogP contribution in [0.4, 0.5) is 0 Å². The van der Waals surface area contributed by atoms with Crippen LogP contribution in [-0.4, -0.2) is 106 Å². The minimum Gasteiger partial charge on any atom is -0.462 e. The molecular weight excluding hydrogens is 706 g/mol. The number of aliphatic hydroxyl groups is 3. The van der Waals surface area contributed by atoms with Crippen LogP contribution in [0.15, 0.2) is 5.11 Å². The summed E-state index contributed by atoms with van der Waals surface area (Å²) < 4.78 is 37.0. The number of ether oxygens (including phenoxy) is 6. The molecule has 1 spiro atoms. The molecule has 0 aromatic rings. The molecule has 300 valence electrons. The Labute approximate surface area is 314 Å². The van der Waals surface area contributed by atoms with Crippen LogP contribution >= 0.6 is 0 Å². The summed E-state index contributed by atoms with van der Waals surface area (Å²) in [4.78, 5) is 56.1. The number of nitrogens with zero attached hydrogens (tertiary/aromatic N) is 3. The summed E-state index contributed by atoms with van der Waals surface area (Å²) in [7, 11) is 0. The Morgan fingerprint density at radius 2 is 1.74 bits per heavy atom. The number of carbonyl (C=O) groups excluding carboxylic acids is 4. The van der Waals surface area contributed by atoms with Crippen molar-refractivity contribution in [1.29, 1.82) is 0 Å². The molecule has 0 aromatic carbocycles. The van der Waals surface area contributed by atoms with Crippen molar-refractivity contribution in [2.75, 3.05) is 6.54 Å². The van der Waals surface area contributed by atoms with Crippen LogP contribution in [0.5, 0.6) is 0 Å². The Morgan fingerprint density at radius 3 is 2.37 bits per heavy atom. The first-order valence-corrected chi connectivity index (χ1v) is 19.4. The fraction of sp³-hybridized carbons (Fsp3) is 0.895. The molecule has 4 aliphatic carbocycles. The zero-order valence-corrected chi connectivity index (χ0v) is 32.3. The molecule has 3 heterocycles. The van der Waals surface area contributed by atoms with Crippen molar-refractivity contribution in [3.63, 3.8) is 0 Å². The number of unbranched alkanes of at least 4 members (excludes halogenated alkanes) is 1. The predicted octanol–water partition coefficient (Wildman–Crippen LogP) is 3.11. The van der Waals surface area contributed by atoms with Crippen molar-refractivity contribution >= 4 is 23.9 Å². The molecule has 16 heteroatoms. The fourth-order valence-corrected chi connectivity index (χ4v) is 12.7. The summed E-state index contributed by atoms with van der Waals surface area (Å²) in [6, 6.07) is 0. The molecule has 0 amide bonds. The van der Waals surface area contributed by atoms with Gasteiger partial charge in [0, 0.05) is 60.3 Å². The van der Waals surface area contributed by atoms with Crippen molar-refractivity contribution in [2.45, 2.75) is 154 Å². The third-order valence-corrected chi connectivity index (χ3v) is 15.4. The van der Waals surface area contributed by atoms with Gasteiger partial charge in [0.15, 0.2) is 5.60 Å². The number of epoxide rings is 2. The van der Waals surface area contributed by atoms with Gasteiger partial charge in [-0.25, -0.2) is 4.79 Å². The normalized spacial score (nSPS) is 51.3. The van der Waals surface area contributed by atoms with E-state index < -0.39 is 118 Å². The molecular formula is C38H55N3O13. The van der Waals surface area contributed by atoms with Crippen molar-refractivity contribution in [3.8, 4) is 0 Å². The van der Waals surface area contributed by atoms with Crippen molar-refractivity contribution in [2.24, 2.45) is 56.9 Å². The second-order valence-corrected chi connectivity index (χ2v) is 18.1. The molecule has 3 saturated heterocycles. The SMILES string of the molecule is CC(=O)O[C@H]1C2C([C@@H](OC(=O)CCCCN=[N+]=[N-])C[C@H]3C[C@@H]4O[C@@H]4[C@H](O)[C@]23C)[C@H]([C@H](C)O)[C@@](C)([C@@H]2C[C@]3(C)[C@]4(OC(=O)[C@@]3(C)O)O[C@@H]4[C@H]2C)[C@H]1OC(C)=O. The van der Waals surface area contributed by atoms with Gasteiger partial charge in [-0.05, 0) is 76.2 Å². The van der Waals surface area contributed by atoms with E-state index >= 15 is 0 Å². The Kier molecular flexibility index (Phi) is 9.46. The van der Waals surface area contributed by atoms with Gasteiger partial charge < -0.3 is 43.7 Å². The molecule has 7 aliphatic rings. The van der Waals surface area contributed by atoms with Crippen LogP contribution in [0.1, 0.15) is 93.9 Å². The summed E-state index contributed by atoms with van der Waals surface area (Å²) in [5.74, 6) is -7.49. The molecule has 0 radical (unpaired) electrons. The highest BCUT2D eigenvalue weighted by Crippen LogP contribution is 2.75. The van der Waals surface area contributed by atoms with Crippen LogP contribution in [0.2, 0.25) is 0 Å². The number of fused-ring (bicyclic) bond motifs is 4. The third-order valence-electron chi connectivity index (χ3n) is 15.4. The second kappa shape index (κ2) is 13.0. The van der Waals surface area contributed by atoms with Gasteiger partial charge in [0.1, 0.15) is 30.5 Å². The highest BCUT2D eigenvalue weighted by atomic mass is 16.8. The van der Waals surface area contributed by atoms with Crippen LogP contribution in [0, 0.1) is 51.8 Å². The van der Waals surface area contributed by atoms with E-state index in [1.807, 2.05) is 20.8 Å². The first-order chi connectivity index (χ1) is 25.2. The van der Waals surface area contributed by atoms with Crippen LogP contribution < -0.4 is 0 Å². The van der Waals surface area contributed by atoms with Crippen LogP contribution in [0.3, 0.4) is 0 Å². The average Bonchev–Trinajstić information content (AvgIpc) is 4.00. The molecule has 7 fully saturated rings. The molecule has 54 heavy (non-hydrogen) atoms. The topological polar surface area (TPSA) is 240 Å². The first-order valence-electron chi connectivity index (χ1n) is 19.4. The van der Waals surface area contributed by atoms with E-state index in [1.165, 1.54) is 20.8 Å². The molecule has 0 aromatic heterocycles. The smallest absolute Gasteiger partial charge is 0.341 e. The summed E-state index contributed by atoms with van der Waals surface area (Å²) in [5.41, 5.74) is 3.17. The number of rotatable bonds is 10. The van der Waals surface area contributed by atoms with Gasteiger partial charge in [-0.15, -0.1) is 0 Å². The Balaban J connectivity index is 1.39. The van der Waals surface area contributed by atoms with E-state index in [1.54, 1.807) is 13.8 Å². The molecule has 7 rings (SSSR count). The molecule has 19 atom stereocenters. The quantitative estimate of drug-likeness (QED) is 0.0552. The van der Waals surface area contributed by atoms with Crippen LogP contribution in [0.25, 0.3) is 10.4 Å². The lowest BCUT2D eigenvalue weighted by atomic mass is 9.38. The summed E-state index contributed by atoms with van der Waals surface area (Å²) in [6.45, 7) is 13.3. The number of azide groups is 1. The number of hydrogen-bond donors (Lipinski definition) is 3.